The van der Waals surface area contributed by atoms with Crippen molar-refractivity contribution in [3.8, 4) is 0 Å². The molecule has 112 valence electrons. The highest BCUT2D eigenvalue weighted by molar-refractivity contribution is 5.76. The molecule has 1 aromatic heterocycles. The monoisotopic (exact) mass is 289 g/mol. The van der Waals surface area contributed by atoms with E-state index in [4.69, 9.17) is 0 Å². The van der Waals surface area contributed by atoms with Gasteiger partial charge in [-0.3, -0.25) is 14.8 Å². The minimum Gasteiger partial charge on any atom is -0.380 e. The van der Waals surface area contributed by atoms with E-state index in [9.17, 15) is 10.1 Å². The van der Waals surface area contributed by atoms with Crippen LogP contribution in [0.4, 0.5) is 17.1 Å². The van der Waals surface area contributed by atoms with Gasteiger partial charge in [0.25, 0.3) is 0 Å². The first-order chi connectivity index (χ1) is 10.1. The molecule has 0 atom stereocenters. The summed E-state index contributed by atoms with van der Waals surface area (Å²) < 4.78 is 1.74. The van der Waals surface area contributed by atoms with Gasteiger partial charge in [0.1, 0.15) is 11.4 Å². The fourth-order valence-corrected chi connectivity index (χ4v) is 2.16. The topological polar surface area (TPSA) is 85.0 Å². The normalized spacial score (nSPS) is 10.4. The van der Waals surface area contributed by atoms with Crippen molar-refractivity contribution in [3.63, 3.8) is 0 Å². The van der Waals surface area contributed by atoms with Crippen molar-refractivity contribution in [2.24, 2.45) is 7.05 Å². The standard InChI is InChI=1S/C14H19N5O2/c1-3-15-12-5-4-6-13(14(12)19(20)21)16-8-7-11-9-17-18(2)10-11/h4-6,9-10,15-16H,3,7-8H2,1-2H3. The zero-order valence-electron chi connectivity index (χ0n) is 12.2. The van der Waals surface area contributed by atoms with Gasteiger partial charge in [0, 0.05) is 26.3 Å². The summed E-state index contributed by atoms with van der Waals surface area (Å²) in [7, 11) is 1.86. The van der Waals surface area contributed by atoms with Crippen molar-refractivity contribution < 1.29 is 4.92 Å². The summed E-state index contributed by atoms with van der Waals surface area (Å²) in [5, 5.41) is 21.5. The lowest BCUT2D eigenvalue weighted by Crippen LogP contribution is -2.08. The molecule has 0 aliphatic heterocycles. The van der Waals surface area contributed by atoms with Gasteiger partial charge in [-0.05, 0) is 31.0 Å². The minimum atomic E-state index is -0.357. The maximum absolute atomic E-state index is 11.3. The summed E-state index contributed by atoms with van der Waals surface area (Å²) in [5.74, 6) is 0. The number of benzene rings is 1. The molecule has 7 nitrogen and oxygen atoms in total. The third kappa shape index (κ3) is 3.71. The number of nitrogens with one attached hydrogen (secondary N) is 2. The van der Waals surface area contributed by atoms with Gasteiger partial charge >= 0.3 is 5.69 Å². The molecule has 0 saturated carbocycles. The SMILES string of the molecule is CCNc1cccc(NCCc2cnn(C)c2)c1[N+](=O)[O-]. The average molecular weight is 289 g/mol. The van der Waals surface area contributed by atoms with Crippen LogP contribution in [0.1, 0.15) is 12.5 Å². The minimum absolute atomic E-state index is 0.0885. The molecule has 21 heavy (non-hydrogen) atoms. The van der Waals surface area contributed by atoms with E-state index in [0.29, 0.717) is 24.5 Å². The van der Waals surface area contributed by atoms with Gasteiger partial charge in [-0.25, -0.2) is 0 Å². The van der Waals surface area contributed by atoms with E-state index in [1.807, 2.05) is 20.2 Å². The molecule has 0 spiro atoms. The van der Waals surface area contributed by atoms with E-state index < -0.39 is 0 Å². The molecule has 1 heterocycles. The molecule has 0 amide bonds. The Morgan fingerprint density at radius 3 is 2.62 bits per heavy atom. The van der Waals surface area contributed by atoms with Crippen LogP contribution in [0, 0.1) is 10.1 Å². The number of nitrogens with zero attached hydrogens (tertiary/aromatic N) is 3. The number of aryl methyl sites for hydroxylation is 1. The maximum atomic E-state index is 11.3. The number of rotatable bonds is 7. The first kappa shape index (κ1) is 14.8. The van der Waals surface area contributed by atoms with Crippen molar-refractivity contribution in [2.75, 3.05) is 23.7 Å². The Hall–Kier alpha value is -2.57. The Labute approximate surface area is 123 Å². The molecule has 1 aromatic carbocycles. The molecule has 7 heteroatoms. The lowest BCUT2D eigenvalue weighted by molar-refractivity contribution is -0.383. The van der Waals surface area contributed by atoms with Gasteiger partial charge in [-0.2, -0.15) is 5.10 Å². The van der Waals surface area contributed by atoms with Crippen molar-refractivity contribution in [3.05, 3.63) is 46.3 Å². The zero-order valence-corrected chi connectivity index (χ0v) is 12.2. The first-order valence-electron chi connectivity index (χ1n) is 6.84. The molecule has 2 aromatic rings. The number of anilines is 2. The number of nitro benzene ring substituents is 1. The quantitative estimate of drug-likeness (QED) is 0.604. The first-order valence-corrected chi connectivity index (χ1v) is 6.84. The molecule has 0 radical (unpaired) electrons. The molecule has 2 N–H and O–H groups in total. The summed E-state index contributed by atoms with van der Waals surface area (Å²) >= 11 is 0. The van der Waals surface area contributed by atoms with Crippen LogP contribution in [0.5, 0.6) is 0 Å². The Kier molecular flexibility index (Phi) is 4.76. The summed E-state index contributed by atoms with van der Waals surface area (Å²) in [5.41, 5.74) is 2.25. The Bertz CT molecular complexity index is 624. The summed E-state index contributed by atoms with van der Waals surface area (Å²) in [6.45, 7) is 3.16. The maximum Gasteiger partial charge on any atom is 0.315 e. The van der Waals surface area contributed by atoms with Crippen molar-refractivity contribution >= 4 is 17.1 Å². The molecule has 0 saturated heterocycles. The summed E-state index contributed by atoms with van der Waals surface area (Å²) in [4.78, 5) is 10.9. The summed E-state index contributed by atoms with van der Waals surface area (Å²) in [6.07, 6.45) is 4.49. The Morgan fingerprint density at radius 2 is 2.05 bits per heavy atom. The second-order valence-corrected chi connectivity index (χ2v) is 4.69. The van der Waals surface area contributed by atoms with Crippen LogP contribution >= 0.6 is 0 Å². The van der Waals surface area contributed by atoms with E-state index in [0.717, 1.165) is 12.0 Å². The van der Waals surface area contributed by atoms with Gasteiger partial charge in [0.2, 0.25) is 0 Å². The smallest absolute Gasteiger partial charge is 0.315 e. The van der Waals surface area contributed by atoms with Gasteiger partial charge in [-0.1, -0.05) is 6.07 Å². The van der Waals surface area contributed by atoms with Crippen LogP contribution in [0.2, 0.25) is 0 Å². The Balaban J connectivity index is 2.08. The number of hydrogen-bond donors (Lipinski definition) is 2. The number of hydrogen-bond acceptors (Lipinski definition) is 5. The van der Waals surface area contributed by atoms with E-state index >= 15 is 0 Å². The van der Waals surface area contributed by atoms with Gasteiger partial charge in [-0.15, -0.1) is 0 Å². The number of aromatic nitrogens is 2. The van der Waals surface area contributed by atoms with E-state index in [-0.39, 0.29) is 10.6 Å². The molecule has 0 unspecified atom stereocenters. The van der Waals surface area contributed by atoms with Gasteiger partial charge < -0.3 is 10.6 Å². The third-order valence-electron chi connectivity index (χ3n) is 3.07. The molecule has 0 fully saturated rings. The highest BCUT2D eigenvalue weighted by Gasteiger charge is 2.18. The number of nitro groups is 1. The largest absolute Gasteiger partial charge is 0.380 e. The van der Waals surface area contributed by atoms with Crippen LogP contribution in [0.25, 0.3) is 0 Å². The highest BCUT2D eigenvalue weighted by Crippen LogP contribution is 2.32. The Morgan fingerprint density at radius 1 is 1.33 bits per heavy atom. The predicted molar refractivity (Wildman–Crippen MR) is 82.7 cm³/mol. The van der Waals surface area contributed by atoms with Crippen molar-refractivity contribution in [1.82, 2.24) is 9.78 Å². The average Bonchev–Trinajstić information content (AvgIpc) is 2.85. The molecular weight excluding hydrogens is 270 g/mol. The fourth-order valence-electron chi connectivity index (χ4n) is 2.16. The fraction of sp³-hybridized carbons (Fsp3) is 0.357. The molecule has 0 aliphatic carbocycles. The van der Waals surface area contributed by atoms with Crippen LogP contribution < -0.4 is 10.6 Å². The lowest BCUT2D eigenvalue weighted by atomic mass is 10.2. The molecular formula is C14H19N5O2. The molecule has 0 aliphatic rings. The highest BCUT2D eigenvalue weighted by atomic mass is 16.6. The van der Waals surface area contributed by atoms with Crippen LogP contribution in [0.15, 0.2) is 30.6 Å². The molecule has 0 bridgehead atoms. The second kappa shape index (κ2) is 6.74. The third-order valence-corrected chi connectivity index (χ3v) is 3.07. The molecule has 2 rings (SSSR count). The number of para-hydroxylation sites is 1. The van der Waals surface area contributed by atoms with Crippen LogP contribution in [0.3, 0.4) is 0 Å². The zero-order chi connectivity index (χ0) is 15.2. The summed E-state index contributed by atoms with van der Waals surface area (Å²) in [6, 6.07) is 5.24. The van der Waals surface area contributed by atoms with Crippen molar-refractivity contribution in [2.45, 2.75) is 13.3 Å². The van der Waals surface area contributed by atoms with Crippen LogP contribution in [-0.2, 0) is 13.5 Å². The lowest BCUT2D eigenvalue weighted by Gasteiger charge is -2.10. The van der Waals surface area contributed by atoms with Gasteiger partial charge in [0.05, 0.1) is 11.1 Å². The van der Waals surface area contributed by atoms with E-state index in [1.165, 1.54) is 0 Å². The van der Waals surface area contributed by atoms with Crippen molar-refractivity contribution in [1.29, 1.82) is 0 Å². The van der Waals surface area contributed by atoms with Crippen LogP contribution in [-0.4, -0.2) is 27.8 Å². The second-order valence-electron chi connectivity index (χ2n) is 4.69. The van der Waals surface area contributed by atoms with E-state index in [1.54, 1.807) is 29.1 Å². The predicted octanol–water partition coefficient (Wildman–Crippen LogP) is 2.41. The van der Waals surface area contributed by atoms with Gasteiger partial charge in [0.15, 0.2) is 0 Å². The van der Waals surface area contributed by atoms with E-state index in [2.05, 4.69) is 15.7 Å².